The van der Waals surface area contributed by atoms with E-state index in [-0.39, 0.29) is 0 Å². The Labute approximate surface area is 171 Å². The molecular formula is C17H38N4O6S. The summed E-state index contributed by atoms with van der Waals surface area (Å²) in [6, 6.07) is -2.09. The molecule has 0 bridgehead atoms. The van der Waals surface area contributed by atoms with Crippen LogP contribution in [0.3, 0.4) is 0 Å². The highest BCUT2D eigenvalue weighted by Gasteiger charge is 2.12. The first-order valence-corrected chi connectivity index (χ1v) is 10.4. The number of hydrogen-bond donors (Lipinski definition) is 7. The fourth-order valence-electron chi connectivity index (χ4n) is 1.61. The van der Waals surface area contributed by atoms with Gasteiger partial charge in [-0.2, -0.15) is 11.8 Å². The van der Waals surface area contributed by atoms with Crippen molar-refractivity contribution in [2.24, 2.45) is 28.9 Å². The average molecular weight is 427 g/mol. The molecule has 11 heteroatoms. The van der Waals surface area contributed by atoms with E-state index >= 15 is 0 Å². The van der Waals surface area contributed by atoms with Crippen molar-refractivity contribution in [3.63, 3.8) is 0 Å². The maximum Gasteiger partial charge on any atom is 0.320 e. The van der Waals surface area contributed by atoms with Gasteiger partial charge in [0.25, 0.3) is 0 Å². The minimum atomic E-state index is -0.933. The molecule has 0 amide bonds. The summed E-state index contributed by atoms with van der Waals surface area (Å²) >= 11 is 1.60. The summed E-state index contributed by atoms with van der Waals surface area (Å²) in [4.78, 5) is 30.3. The van der Waals surface area contributed by atoms with E-state index in [4.69, 9.17) is 38.3 Å². The highest BCUT2D eigenvalue weighted by molar-refractivity contribution is 7.98. The molecule has 0 aliphatic heterocycles. The number of hydrogen-bond acceptors (Lipinski definition) is 8. The molecule has 0 saturated carbocycles. The van der Waals surface area contributed by atoms with Crippen LogP contribution in [0, 0.1) is 5.92 Å². The zero-order valence-electron chi connectivity index (χ0n) is 17.0. The van der Waals surface area contributed by atoms with Crippen molar-refractivity contribution < 1.29 is 29.7 Å². The van der Waals surface area contributed by atoms with Gasteiger partial charge in [0.05, 0.1) is 0 Å². The standard InChI is InChI=1S/C6H14N2O2.C6H13NO2.C5H11NO2S/c7-4-2-1-3-5(8)6(9)10;1-4(2)3-5(7)6(8)9;1-9-3-2-4(6)5(7)8/h5H,1-4,7-8H2,(H,9,10);4-5H,3,7H2,1-2H3,(H,8,9);4H,2-3,6H2,1H3,(H,7,8). The third-order valence-electron chi connectivity index (χ3n) is 3.28. The lowest BCUT2D eigenvalue weighted by atomic mass is 10.1. The Morgan fingerprint density at radius 1 is 0.821 bits per heavy atom. The number of nitrogens with two attached hydrogens (primary N) is 4. The molecule has 0 fully saturated rings. The molecule has 0 aliphatic carbocycles. The van der Waals surface area contributed by atoms with E-state index in [1.165, 1.54) is 0 Å². The summed E-state index contributed by atoms with van der Waals surface area (Å²) in [6.07, 6.45) is 5.19. The average Bonchev–Trinajstić information content (AvgIpc) is 2.59. The summed E-state index contributed by atoms with van der Waals surface area (Å²) in [5, 5.41) is 24.9. The Morgan fingerprint density at radius 2 is 1.25 bits per heavy atom. The fraction of sp³-hybridized carbons (Fsp3) is 0.824. The Hall–Kier alpha value is -1.40. The van der Waals surface area contributed by atoms with Crippen molar-refractivity contribution in [3.8, 4) is 0 Å². The van der Waals surface area contributed by atoms with Crippen molar-refractivity contribution in [1.82, 2.24) is 0 Å². The Balaban J connectivity index is -0.000000336. The maximum atomic E-state index is 10.1. The van der Waals surface area contributed by atoms with Crippen molar-refractivity contribution in [2.75, 3.05) is 18.6 Å². The molecule has 11 N–H and O–H groups in total. The van der Waals surface area contributed by atoms with Gasteiger partial charge >= 0.3 is 17.9 Å². The van der Waals surface area contributed by atoms with E-state index in [1.54, 1.807) is 11.8 Å². The Kier molecular flexibility index (Phi) is 22.7. The molecule has 0 aromatic rings. The molecule has 3 atom stereocenters. The summed E-state index contributed by atoms with van der Waals surface area (Å²) in [5.74, 6) is -1.59. The van der Waals surface area contributed by atoms with Gasteiger partial charge in [0.2, 0.25) is 0 Å². The predicted molar refractivity (Wildman–Crippen MR) is 112 cm³/mol. The molecule has 10 nitrogen and oxygen atoms in total. The minimum absolute atomic E-state index is 0.357. The SMILES string of the molecule is CC(C)CC(N)C(=O)O.CSCCC(N)C(=O)O.NCCCCC(N)C(=O)O. The van der Waals surface area contributed by atoms with Gasteiger partial charge in [0, 0.05) is 0 Å². The zero-order valence-corrected chi connectivity index (χ0v) is 17.9. The van der Waals surface area contributed by atoms with Gasteiger partial charge in [0.15, 0.2) is 0 Å². The van der Waals surface area contributed by atoms with Gasteiger partial charge in [-0.15, -0.1) is 0 Å². The van der Waals surface area contributed by atoms with Crippen LogP contribution in [0.4, 0.5) is 0 Å². The first-order valence-electron chi connectivity index (χ1n) is 9.04. The van der Waals surface area contributed by atoms with Gasteiger partial charge in [-0.05, 0) is 50.2 Å². The quantitative estimate of drug-likeness (QED) is 0.208. The fourth-order valence-corrected chi connectivity index (χ4v) is 2.10. The maximum absolute atomic E-state index is 10.1. The monoisotopic (exact) mass is 426 g/mol. The minimum Gasteiger partial charge on any atom is -0.480 e. The number of rotatable bonds is 12. The van der Waals surface area contributed by atoms with Crippen molar-refractivity contribution >= 4 is 29.7 Å². The number of thioether (sulfide) groups is 1. The summed E-state index contributed by atoms with van der Waals surface area (Å²) < 4.78 is 0. The topological polar surface area (TPSA) is 216 Å². The van der Waals surface area contributed by atoms with E-state index in [0.717, 1.165) is 18.6 Å². The summed E-state index contributed by atoms with van der Waals surface area (Å²) in [6.45, 7) is 4.50. The van der Waals surface area contributed by atoms with Crippen molar-refractivity contribution in [1.29, 1.82) is 0 Å². The van der Waals surface area contributed by atoms with Crippen LogP contribution in [0.2, 0.25) is 0 Å². The molecule has 0 heterocycles. The second-order valence-corrected chi connectivity index (χ2v) is 7.52. The molecule has 0 radical (unpaired) electrons. The third kappa shape index (κ3) is 24.6. The van der Waals surface area contributed by atoms with Crippen LogP contribution < -0.4 is 22.9 Å². The Bertz CT molecular complexity index is 426. The molecule has 0 aromatic heterocycles. The van der Waals surface area contributed by atoms with Crippen LogP contribution in [-0.2, 0) is 14.4 Å². The molecule has 0 aromatic carbocycles. The number of carbonyl (C=O) groups is 3. The largest absolute Gasteiger partial charge is 0.480 e. The van der Waals surface area contributed by atoms with Crippen LogP contribution in [0.5, 0.6) is 0 Å². The molecule has 168 valence electrons. The van der Waals surface area contributed by atoms with Crippen LogP contribution in [0.15, 0.2) is 0 Å². The zero-order chi connectivity index (χ0) is 22.7. The number of aliphatic carboxylic acids is 3. The molecule has 0 spiro atoms. The molecule has 28 heavy (non-hydrogen) atoms. The lowest BCUT2D eigenvalue weighted by molar-refractivity contribution is -0.139. The highest BCUT2D eigenvalue weighted by atomic mass is 32.2. The number of unbranched alkanes of at least 4 members (excludes halogenated alkanes) is 1. The van der Waals surface area contributed by atoms with Crippen LogP contribution in [0.1, 0.15) is 46.0 Å². The second-order valence-electron chi connectivity index (χ2n) is 6.53. The summed E-state index contributed by atoms with van der Waals surface area (Å²) in [7, 11) is 0. The summed E-state index contributed by atoms with van der Waals surface area (Å²) in [5.41, 5.74) is 20.8. The van der Waals surface area contributed by atoms with Crippen LogP contribution >= 0.6 is 11.8 Å². The normalized spacial score (nSPS) is 13.3. The molecule has 3 unspecified atom stereocenters. The lowest BCUT2D eigenvalue weighted by Gasteiger charge is -2.07. The molecule has 0 aliphatic rings. The van der Waals surface area contributed by atoms with Gasteiger partial charge in [-0.3, -0.25) is 14.4 Å². The molecule has 0 rings (SSSR count). The van der Waals surface area contributed by atoms with E-state index in [2.05, 4.69) is 0 Å². The van der Waals surface area contributed by atoms with Gasteiger partial charge in [-0.1, -0.05) is 20.3 Å². The van der Waals surface area contributed by atoms with E-state index in [1.807, 2.05) is 20.1 Å². The van der Waals surface area contributed by atoms with Crippen molar-refractivity contribution in [2.45, 2.75) is 64.1 Å². The van der Waals surface area contributed by atoms with Gasteiger partial charge in [-0.25, -0.2) is 0 Å². The van der Waals surface area contributed by atoms with Crippen molar-refractivity contribution in [3.05, 3.63) is 0 Å². The molecular weight excluding hydrogens is 388 g/mol. The number of carboxylic acid groups (broad SMARTS) is 3. The highest BCUT2D eigenvalue weighted by Crippen LogP contribution is 2.01. The first-order chi connectivity index (χ1) is 12.9. The van der Waals surface area contributed by atoms with E-state index < -0.39 is 36.0 Å². The van der Waals surface area contributed by atoms with Gasteiger partial charge in [0.1, 0.15) is 18.1 Å². The van der Waals surface area contributed by atoms with Crippen LogP contribution in [0.25, 0.3) is 0 Å². The van der Waals surface area contributed by atoms with Gasteiger partial charge < -0.3 is 38.3 Å². The van der Waals surface area contributed by atoms with E-state index in [0.29, 0.717) is 31.7 Å². The predicted octanol–water partition coefficient (Wildman–Crippen LogP) is 0.123. The Morgan fingerprint density at radius 3 is 1.54 bits per heavy atom. The lowest BCUT2D eigenvalue weighted by Crippen LogP contribution is -2.31. The van der Waals surface area contributed by atoms with Crippen LogP contribution in [-0.4, -0.2) is 69.9 Å². The smallest absolute Gasteiger partial charge is 0.320 e. The number of carboxylic acids is 3. The third-order valence-corrected chi connectivity index (χ3v) is 3.92. The molecule has 0 saturated heterocycles. The van der Waals surface area contributed by atoms with E-state index in [9.17, 15) is 14.4 Å². The first kappa shape index (κ1) is 31.3. The second kappa shape index (κ2) is 20.3.